The number of aryl methyl sites for hydroxylation is 2. The molecule has 17 heavy (non-hydrogen) atoms. The van der Waals surface area contributed by atoms with Crippen LogP contribution in [0.4, 0.5) is 5.69 Å². The second kappa shape index (κ2) is 4.52. The minimum atomic E-state index is -0.249. The Bertz CT molecular complexity index is 504. The van der Waals surface area contributed by atoms with Crippen molar-refractivity contribution in [2.45, 2.75) is 26.3 Å². The van der Waals surface area contributed by atoms with Crippen LogP contribution in [-0.4, -0.2) is 24.6 Å². The van der Waals surface area contributed by atoms with Crippen LogP contribution in [0.1, 0.15) is 17.5 Å². The standard InChI is InChI=1S/C13H14N2O2/c1-9-3-4-12(5-10(9)2)15-7-11(14-8-16)6-13(15)17/h3-5,11H,6-7H2,1-2H3. The summed E-state index contributed by atoms with van der Waals surface area (Å²) in [7, 11) is 0. The molecule has 1 aliphatic heterocycles. The fourth-order valence-corrected chi connectivity index (χ4v) is 1.99. The van der Waals surface area contributed by atoms with Crippen LogP contribution in [0.5, 0.6) is 0 Å². The van der Waals surface area contributed by atoms with Gasteiger partial charge >= 0.3 is 0 Å². The fourth-order valence-electron chi connectivity index (χ4n) is 1.99. The molecule has 0 bridgehead atoms. The van der Waals surface area contributed by atoms with Gasteiger partial charge in [-0.25, -0.2) is 9.79 Å². The number of aliphatic imine (C=N–C) groups is 1. The van der Waals surface area contributed by atoms with E-state index >= 15 is 0 Å². The SMILES string of the molecule is Cc1ccc(N2CC(N=C=O)CC2=O)cc1C. The number of anilines is 1. The van der Waals surface area contributed by atoms with E-state index in [0.29, 0.717) is 13.0 Å². The predicted molar refractivity (Wildman–Crippen MR) is 64.8 cm³/mol. The Labute approximate surface area is 100.0 Å². The van der Waals surface area contributed by atoms with Gasteiger partial charge in [0.1, 0.15) is 0 Å². The zero-order valence-corrected chi connectivity index (χ0v) is 9.93. The maximum atomic E-state index is 11.8. The summed E-state index contributed by atoms with van der Waals surface area (Å²) < 4.78 is 0. The van der Waals surface area contributed by atoms with Crippen LogP contribution in [0.15, 0.2) is 23.2 Å². The van der Waals surface area contributed by atoms with E-state index in [1.165, 1.54) is 11.6 Å². The molecular formula is C13H14N2O2. The van der Waals surface area contributed by atoms with Crippen molar-refractivity contribution in [2.75, 3.05) is 11.4 Å². The molecule has 4 heteroatoms. The topological polar surface area (TPSA) is 49.7 Å². The molecule has 88 valence electrons. The first kappa shape index (κ1) is 11.6. The molecule has 1 heterocycles. The van der Waals surface area contributed by atoms with E-state index in [4.69, 9.17) is 0 Å². The van der Waals surface area contributed by atoms with Crippen LogP contribution in [0.2, 0.25) is 0 Å². The monoisotopic (exact) mass is 230 g/mol. The van der Waals surface area contributed by atoms with E-state index in [9.17, 15) is 9.59 Å². The van der Waals surface area contributed by atoms with Crippen LogP contribution < -0.4 is 4.90 Å². The number of hydrogen-bond donors (Lipinski definition) is 0. The quantitative estimate of drug-likeness (QED) is 0.574. The summed E-state index contributed by atoms with van der Waals surface area (Å²) in [5.74, 6) is 0.0113. The zero-order valence-electron chi connectivity index (χ0n) is 9.93. The van der Waals surface area contributed by atoms with Crippen molar-refractivity contribution in [2.24, 2.45) is 4.99 Å². The predicted octanol–water partition coefficient (Wildman–Crippen LogP) is 1.74. The fraction of sp³-hybridized carbons (Fsp3) is 0.385. The van der Waals surface area contributed by atoms with Crippen molar-refractivity contribution < 1.29 is 9.59 Å². The first-order chi connectivity index (χ1) is 8.11. The highest BCUT2D eigenvalue weighted by atomic mass is 16.2. The minimum absolute atomic E-state index is 0.0113. The summed E-state index contributed by atoms with van der Waals surface area (Å²) in [6, 6.07) is 5.66. The highest BCUT2D eigenvalue weighted by molar-refractivity contribution is 5.96. The molecule has 1 fully saturated rings. The molecule has 1 saturated heterocycles. The Morgan fingerprint density at radius 2 is 2.12 bits per heavy atom. The lowest BCUT2D eigenvalue weighted by Gasteiger charge is -2.17. The molecule has 2 rings (SSSR count). The van der Waals surface area contributed by atoms with Gasteiger partial charge in [-0.2, -0.15) is 0 Å². The Hall–Kier alpha value is -1.93. The smallest absolute Gasteiger partial charge is 0.235 e. The molecular weight excluding hydrogens is 216 g/mol. The molecule has 4 nitrogen and oxygen atoms in total. The molecule has 0 N–H and O–H groups in total. The molecule has 0 spiro atoms. The molecule has 0 saturated carbocycles. The van der Waals surface area contributed by atoms with Crippen molar-refractivity contribution in [1.29, 1.82) is 0 Å². The highest BCUT2D eigenvalue weighted by Crippen LogP contribution is 2.24. The van der Waals surface area contributed by atoms with Gasteiger partial charge in [0.05, 0.1) is 12.5 Å². The zero-order chi connectivity index (χ0) is 12.4. The highest BCUT2D eigenvalue weighted by Gasteiger charge is 2.30. The number of hydrogen-bond acceptors (Lipinski definition) is 3. The van der Waals surface area contributed by atoms with Gasteiger partial charge in [-0.1, -0.05) is 6.07 Å². The second-order valence-corrected chi connectivity index (χ2v) is 4.35. The van der Waals surface area contributed by atoms with Gasteiger partial charge in [-0.15, -0.1) is 0 Å². The molecule has 1 aromatic carbocycles. The third-order valence-electron chi connectivity index (χ3n) is 3.14. The average Bonchev–Trinajstić information content (AvgIpc) is 2.64. The van der Waals surface area contributed by atoms with Crippen LogP contribution in [0.3, 0.4) is 0 Å². The number of isocyanates is 1. The maximum absolute atomic E-state index is 11.8. The number of carbonyl (C=O) groups excluding carboxylic acids is 2. The molecule has 0 radical (unpaired) electrons. The molecule has 1 aliphatic rings. The lowest BCUT2D eigenvalue weighted by Crippen LogP contribution is -2.25. The largest absolute Gasteiger partial charge is 0.310 e. The lowest BCUT2D eigenvalue weighted by molar-refractivity contribution is -0.117. The number of benzene rings is 1. The van der Waals surface area contributed by atoms with Gasteiger partial charge in [-0.05, 0) is 37.1 Å². The molecule has 0 aromatic heterocycles. The van der Waals surface area contributed by atoms with Gasteiger partial charge in [0.2, 0.25) is 12.0 Å². The first-order valence-electron chi connectivity index (χ1n) is 5.56. The minimum Gasteiger partial charge on any atom is -0.310 e. The third-order valence-corrected chi connectivity index (χ3v) is 3.14. The van der Waals surface area contributed by atoms with Crippen LogP contribution in [0, 0.1) is 13.8 Å². The van der Waals surface area contributed by atoms with Crippen LogP contribution in [-0.2, 0) is 9.59 Å². The van der Waals surface area contributed by atoms with Crippen molar-refractivity contribution in [3.63, 3.8) is 0 Å². The van der Waals surface area contributed by atoms with Crippen molar-refractivity contribution in [3.8, 4) is 0 Å². The van der Waals surface area contributed by atoms with Gasteiger partial charge in [0.25, 0.3) is 0 Å². The molecule has 1 unspecified atom stereocenters. The van der Waals surface area contributed by atoms with Crippen LogP contribution >= 0.6 is 0 Å². The van der Waals surface area contributed by atoms with Crippen molar-refractivity contribution in [1.82, 2.24) is 0 Å². The number of rotatable bonds is 2. The Kier molecular flexibility index (Phi) is 3.07. The number of amides is 1. The van der Waals surface area contributed by atoms with Gasteiger partial charge in [0.15, 0.2) is 0 Å². The second-order valence-electron chi connectivity index (χ2n) is 4.35. The summed E-state index contributed by atoms with van der Waals surface area (Å²) in [6.07, 6.45) is 1.81. The Balaban J connectivity index is 2.25. The number of nitrogens with zero attached hydrogens (tertiary/aromatic N) is 2. The van der Waals surface area contributed by atoms with E-state index < -0.39 is 0 Å². The van der Waals surface area contributed by atoms with Crippen molar-refractivity contribution in [3.05, 3.63) is 29.3 Å². The molecule has 1 aromatic rings. The van der Waals surface area contributed by atoms with Gasteiger partial charge in [-0.3, -0.25) is 4.79 Å². The van der Waals surface area contributed by atoms with Crippen LogP contribution in [0.25, 0.3) is 0 Å². The first-order valence-corrected chi connectivity index (χ1v) is 5.56. The normalized spacial score (nSPS) is 19.3. The summed E-state index contributed by atoms with van der Waals surface area (Å²) in [4.78, 5) is 27.3. The van der Waals surface area contributed by atoms with E-state index in [1.54, 1.807) is 4.90 Å². The molecule has 0 aliphatic carbocycles. The van der Waals surface area contributed by atoms with E-state index in [2.05, 4.69) is 4.99 Å². The average molecular weight is 230 g/mol. The maximum Gasteiger partial charge on any atom is 0.235 e. The number of carbonyl (C=O) groups is 1. The van der Waals surface area contributed by atoms with Gasteiger partial charge < -0.3 is 4.90 Å². The molecule has 1 atom stereocenters. The lowest BCUT2D eigenvalue weighted by atomic mass is 10.1. The summed E-state index contributed by atoms with van der Waals surface area (Å²) in [5.41, 5.74) is 3.22. The summed E-state index contributed by atoms with van der Waals surface area (Å²) in [5, 5.41) is 0. The molecule has 1 amide bonds. The van der Waals surface area contributed by atoms with E-state index in [-0.39, 0.29) is 11.9 Å². The van der Waals surface area contributed by atoms with Crippen molar-refractivity contribution >= 4 is 17.7 Å². The van der Waals surface area contributed by atoms with Gasteiger partial charge in [0, 0.05) is 12.2 Å². The van der Waals surface area contributed by atoms with E-state index in [1.807, 2.05) is 32.0 Å². The summed E-state index contributed by atoms with van der Waals surface area (Å²) in [6.45, 7) is 4.52. The summed E-state index contributed by atoms with van der Waals surface area (Å²) >= 11 is 0. The Morgan fingerprint density at radius 3 is 2.76 bits per heavy atom. The Morgan fingerprint density at radius 1 is 1.35 bits per heavy atom. The van der Waals surface area contributed by atoms with E-state index in [0.717, 1.165) is 11.3 Å². The third kappa shape index (κ3) is 2.27.